The third-order valence-electron chi connectivity index (χ3n) is 3.75. The lowest BCUT2D eigenvalue weighted by Crippen LogP contribution is -2.27. The van der Waals surface area contributed by atoms with Gasteiger partial charge in [-0.05, 0) is 43.3 Å². The van der Waals surface area contributed by atoms with Gasteiger partial charge in [0.05, 0.1) is 25.2 Å². The van der Waals surface area contributed by atoms with E-state index in [1.54, 1.807) is 18.2 Å². The van der Waals surface area contributed by atoms with Crippen LogP contribution < -0.4 is 19.5 Å². The lowest BCUT2D eigenvalue weighted by Gasteiger charge is -2.12. The van der Waals surface area contributed by atoms with Crippen LogP contribution in [0.1, 0.15) is 17.3 Å². The number of benzene rings is 2. The first kappa shape index (κ1) is 21.7. The number of nitrogens with one attached hydrogen (secondary N) is 2. The van der Waals surface area contributed by atoms with Crippen molar-refractivity contribution in [2.45, 2.75) is 11.8 Å². The Labute approximate surface area is 164 Å². The molecule has 28 heavy (non-hydrogen) atoms. The Morgan fingerprint density at radius 2 is 1.75 bits per heavy atom. The highest BCUT2D eigenvalue weighted by molar-refractivity contribution is 7.89. The van der Waals surface area contributed by atoms with Gasteiger partial charge in [0, 0.05) is 31.0 Å². The van der Waals surface area contributed by atoms with Crippen molar-refractivity contribution in [1.29, 1.82) is 0 Å². The number of amides is 1. The van der Waals surface area contributed by atoms with Crippen molar-refractivity contribution in [2.75, 3.05) is 39.3 Å². The molecule has 0 spiro atoms. The molecule has 0 saturated carbocycles. The first-order valence-corrected chi connectivity index (χ1v) is 10.1. The molecule has 0 aliphatic heterocycles. The van der Waals surface area contributed by atoms with E-state index in [2.05, 4.69) is 10.0 Å². The lowest BCUT2D eigenvalue weighted by molar-refractivity contribution is 0.102. The number of hydrogen-bond donors (Lipinski definition) is 2. The molecule has 0 fully saturated rings. The second-order valence-electron chi connectivity index (χ2n) is 5.67. The zero-order chi connectivity index (χ0) is 20.6. The number of methoxy groups -OCH3 is 2. The highest BCUT2D eigenvalue weighted by atomic mass is 32.2. The summed E-state index contributed by atoms with van der Waals surface area (Å²) in [5, 5.41) is 2.75. The number of ether oxygens (including phenoxy) is 3. The van der Waals surface area contributed by atoms with E-state index in [1.807, 2.05) is 6.92 Å². The topological polar surface area (TPSA) is 103 Å². The van der Waals surface area contributed by atoms with E-state index in [-0.39, 0.29) is 24.0 Å². The van der Waals surface area contributed by atoms with Crippen molar-refractivity contribution in [3.63, 3.8) is 0 Å². The van der Waals surface area contributed by atoms with E-state index >= 15 is 0 Å². The first-order chi connectivity index (χ1) is 13.4. The molecule has 2 N–H and O–H groups in total. The monoisotopic (exact) mass is 408 g/mol. The van der Waals surface area contributed by atoms with Gasteiger partial charge in [-0.2, -0.15) is 0 Å². The van der Waals surface area contributed by atoms with Crippen LogP contribution >= 0.6 is 0 Å². The lowest BCUT2D eigenvalue weighted by atomic mass is 10.2. The first-order valence-electron chi connectivity index (χ1n) is 8.62. The van der Waals surface area contributed by atoms with Crippen molar-refractivity contribution < 1.29 is 27.4 Å². The van der Waals surface area contributed by atoms with Crippen LogP contribution in [0.4, 0.5) is 5.69 Å². The van der Waals surface area contributed by atoms with Gasteiger partial charge >= 0.3 is 0 Å². The maximum absolute atomic E-state index is 12.4. The SMILES string of the molecule is CCOc1ccc(NC(=O)c2ccc(S(=O)(=O)NCCOC)cc2)cc1OC. The normalized spacial score (nSPS) is 11.1. The van der Waals surface area contributed by atoms with Gasteiger partial charge in [-0.3, -0.25) is 4.79 Å². The minimum atomic E-state index is -3.65. The van der Waals surface area contributed by atoms with Gasteiger partial charge in [0.1, 0.15) is 0 Å². The zero-order valence-corrected chi connectivity index (χ0v) is 16.8. The summed E-state index contributed by atoms with van der Waals surface area (Å²) in [5.41, 5.74) is 0.854. The Kier molecular flexibility index (Phi) is 7.80. The number of sulfonamides is 1. The summed E-state index contributed by atoms with van der Waals surface area (Å²) in [4.78, 5) is 12.5. The van der Waals surface area contributed by atoms with E-state index < -0.39 is 10.0 Å². The van der Waals surface area contributed by atoms with Crippen LogP contribution in [0.15, 0.2) is 47.4 Å². The number of carbonyl (C=O) groups is 1. The number of anilines is 1. The molecule has 0 unspecified atom stereocenters. The average Bonchev–Trinajstić information content (AvgIpc) is 2.69. The Morgan fingerprint density at radius 3 is 2.36 bits per heavy atom. The maximum atomic E-state index is 12.4. The van der Waals surface area contributed by atoms with Crippen molar-refractivity contribution in [3.8, 4) is 11.5 Å². The van der Waals surface area contributed by atoms with Gasteiger partial charge in [0.25, 0.3) is 5.91 Å². The molecular formula is C19H24N2O6S. The van der Waals surface area contributed by atoms with Crippen LogP contribution in [0, 0.1) is 0 Å². The fraction of sp³-hybridized carbons (Fsp3) is 0.316. The number of hydrogen-bond acceptors (Lipinski definition) is 6. The molecule has 2 rings (SSSR count). The van der Waals surface area contributed by atoms with Crippen molar-refractivity contribution >= 4 is 21.6 Å². The van der Waals surface area contributed by atoms with Gasteiger partial charge in [0.15, 0.2) is 11.5 Å². The predicted octanol–water partition coefficient (Wildman–Crippen LogP) is 2.27. The molecule has 0 atom stereocenters. The summed E-state index contributed by atoms with van der Waals surface area (Å²) in [6.45, 7) is 2.80. The second kappa shape index (κ2) is 10.1. The molecule has 2 aromatic carbocycles. The molecule has 8 nitrogen and oxygen atoms in total. The maximum Gasteiger partial charge on any atom is 0.255 e. The van der Waals surface area contributed by atoms with Gasteiger partial charge in [0.2, 0.25) is 10.0 Å². The van der Waals surface area contributed by atoms with Gasteiger partial charge < -0.3 is 19.5 Å². The van der Waals surface area contributed by atoms with E-state index in [4.69, 9.17) is 14.2 Å². The highest BCUT2D eigenvalue weighted by Crippen LogP contribution is 2.30. The van der Waals surface area contributed by atoms with E-state index in [9.17, 15) is 13.2 Å². The Bertz CT molecular complexity index is 897. The quantitative estimate of drug-likeness (QED) is 0.585. The minimum absolute atomic E-state index is 0.0721. The Balaban J connectivity index is 2.09. The van der Waals surface area contributed by atoms with Crippen molar-refractivity contribution in [3.05, 3.63) is 48.0 Å². The third kappa shape index (κ3) is 5.69. The average molecular weight is 408 g/mol. The summed E-state index contributed by atoms with van der Waals surface area (Å²) in [7, 11) is -0.640. The number of carbonyl (C=O) groups excluding carboxylic acids is 1. The fourth-order valence-electron chi connectivity index (χ4n) is 2.37. The smallest absolute Gasteiger partial charge is 0.255 e. The van der Waals surface area contributed by atoms with Gasteiger partial charge in [-0.1, -0.05) is 0 Å². The molecule has 1 amide bonds. The number of rotatable bonds is 10. The van der Waals surface area contributed by atoms with Crippen molar-refractivity contribution in [2.24, 2.45) is 0 Å². The molecule has 152 valence electrons. The van der Waals surface area contributed by atoms with Crippen molar-refractivity contribution in [1.82, 2.24) is 4.72 Å². The molecule has 9 heteroatoms. The summed E-state index contributed by atoms with van der Waals surface area (Å²) >= 11 is 0. The van der Waals surface area contributed by atoms with Crippen LogP contribution in [0.3, 0.4) is 0 Å². The standard InChI is InChI=1S/C19H24N2O6S/c1-4-27-17-10-7-15(13-18(17)26-3)21-19(22)14-5-8-16(9-6-14)28(23,24)20-11-12-25-2/h5-10,13,20H,4,11-12H2,1-3H3,(H,21,22). The van der Waals surface area contributed by atoms with Gasteiger partial charge in [-0.15, -0.1) is 0 Å². The summed E-state index contributed by atoms with van der Waals surface area (Å²) in [6.07, 6.45) is 0. The molecule has 0 aromatic heterocycles. The van der Waals surface area contributed by atoms with Crippen LogP contribution in [0.25, 0.3) is 0 Å². The molecule has 0 radical (unpaired) electrons. The molecule has 0 heterocycles. The molecule has 0 aliphatic rings. The summed E-state index contributed by atoms with van der Waals surface area (Å²) in [5.74, 6) is 0.712. The Morgan fingerprint density at radius 1 is 1.04 bits per heavy atom. The molecular weight excluding hydrogens is 384 g/mol. The van der Waals surface area contributed by atoms with Crippen LogP contribution in [-0.4, -0.2) is 48.3 Å². The molecule has 0 aliphatic carbocycles. The van der Waals surface area contributed by atoms with E-state index in [1.165, 1.54) is 38.5 Å². The summed E-state index contributed by atoms with van der Waals surface area (Å²) < 4.78 is 42.2. The fourth-order valence-corrected chi connectivity index (χ4v) is 3.38. The molecule has 2 aromatic rings. The molecule has 0 saturated heterocycles. The van der Waals surface area contributed by atoms with E-state index in [0.29, 0.717) is 29.4 Å². The largest absolute Gasteiger partial charge is 0.493 e. The van der Waals surface area contributed by atoms with E-state index in [0.717, 1.165) is 0 Å². The highest BCUT2D eigenvalue weighted by Gasteiger charge is 2.15. The van der Waals surface area contributed by atoms with Crippen LogP contribution in [0.5, 0.6) is 11.5 Å². The minimum Gasteiger partial charge on any atom is -0.493 e. The Hall–Kier alpha value is -2.62. The van der Waals surface area contributed by atoms with Gasteiger partial charge in [-0.25, -0.2) is 13.1 Å². The summed E-state index contributed by atoms with van der Waals surface area (Å²) in [6, 6.07) is 10.7. The predicted molar refractivity (Wildman–Crippen MR) is 106 cm³/mol. The molecule has 0 bridgehead atoms. The zero-order valence-electron chi connectivity index (χ0n) is 16.0. The second-order valence-corrected chi connectivity index (χ2v) is 7.43. The van der Waals surface area contributed by atoms with Crippen LogP contribution in [-0.2, 0) is 14.8 Å². The third-order valence-corrected chi connectivity index (χ3v) is 5.22. The van der Waals surface area contributed by atoms with Crippen LogP contribution in [0.2, 0.25) is 0 Å².